The number of carbonyl (C=O) groups is 1. The Hall–Kier alpha value is -1.57. The summed E-state index contributed by atoms with van der Waals surface area (Å²) in [6.07, 6.45) is 1.06. The van der Waals surface area contributed by atoms with Gasteiger partial charge in [-0.2, -0.15) is 18.3 Å². The zero-order valence-electron chi connectivity index (χ0n) is 12.1. The summed E-state index contributed by atoms with van der Waals surface area (Å²) in [4.78, 5) is 14.4. The molecule has 8 heteroatoms. The lowest BCUT2D eigenvalue weighted by Crippen LogP contribution is -2.47. The summed E-state index contributed by atoms with van der Waals surface area (Å²) in [5.41, 5.74) is -0.973. The molecule has 2 fully saturated rings. The van der Waals surface area contributed by atoms with Gasteiger partial charge in [-0.25, -0.2) is 0 Å². The number of nitrogens with zero attached hydrogens (tertiary/aromatic N) is 3. The molecule has 0 radical (unpaired) electrons. The number of piperidine rings is 1. The molecule has 0 saturated carbocycles. The molecule has 2 aliphatic heterocycles. The first kappa shape index (κ1) is 15.3. The molecule has 5 nitrogen and oxygen atoms in total. The maximum absolute atomic E-state index is 12.5. The third-order valence-electron chi connectivity index (χ3n) is 4.44. The van der Waals surface area contributed by atoms with Crippen LogP contribution in [0.25, 0.3) is 0 Å². The highest BCUT2D eigenvalue weighted by atomic mass is 19.4. The normalized spacial score (nSPS) is 26.0. The molecule has 3 heterocycles. The highest BCUT2D eigenvalue weighted by Gasteiger charge is 2.36. The van der Waals surface area contributed by atoms with Crippen molar-refractivity contribution in [2.75, 3.05) is 13.1 Å². The molecule has 2 aliphatic rings. The number of carbonyl (C=O) groups excluding carboxylic acids is 1. The summed E-state index contributed by atoms with van der Waals surface area (Å²) in [5, 5.41) is 6.35. The summed E-state index contributed by atoms with van der Waals surface area (Å²) in [7, 11) is 0. The number of halogens is 3. The van der Waals surface area contributed by atoms with Crippen LogP contribution in [0.3, 0.4) is 0 Å². The van der Waals surface area contributed by atoms with Gasteiger partial charge in [0.1, 0.15) is 6.54 Å². The van der Waals surface area contributed by atoms with Crippen LogP contribution in [0.4, 0.5) is 13.2 Å². The fraction of sp³-hybridized carbons (Fsp3) is 0.714. The van der Waals surface area contributed by atoms with Gasteiger partial charge in [-0.3, -0.25) is 14.4 Å². The van der Waals surface area contributed by atoms with E-state index in [1.54, 1.807) is 0 Å². The minimum absolute atomic E-state index is 0.102. The quantitative estimate of drug-likeness (QED) is 0.922. The van der Waals surface area contributed by atoms with E-state index >= 15 is 0 Å². The molecule has 0 aromatic carbocycles. The van der Waals surface area contributed by atoms with E-state index < -0.39 is 11.9 Å². The molecular formula is C14H19F3N4O. The molecule has 22 heavy (non-hydrogen) atoms. The SMILES string of the molecule is O=C(Cn1ccc(C(F)(F)F)n1)N[C@@H]1CCN2CCCC[C@@H]12. The van der Waals surface area contributed by atoms with Gasteiger partial charge < -0.3 is 5.32 Å². The maximum Gasteiger partial charge on any atom is 0.435 e. The fourth-order valence-electron chi connectivity index (χ4n) is 3.42. The van der Waals surface area contributed by atoms with Gasteiger partial charge >= 0.3 is 6.18 Å². The van der Waals surface area contributed by atoms with Crippen molar-refractivity contribution in [3.63, 3.8) is 0 Å². The van der Waals surface area contributed by atoms with Crippen molar-refractivity contribution in [2.45, 2.75) is 50.5 Å². The Bertz CT molecular complexity index is 542. The van der Waals surface area contributed by atoms with Crippen molar-refractivity contribution in [1.29, 1.82) is 0 Å². The second kappa shape index (κ2) is 5.91. The minimum Gasteiger partial charge on any atom is -0.350 e. The molecule has 0 unspecified atom stereocenters. The first-order valence-corrected chi connectivity index (χ1v) is 7.57. The first-order valence-electron chi connectivity index (χ1n) is 7.57. The number of alkyl halides is 3. The number of hydrogen-bond acceptors (Lipinski definition) is 3. The van der Waals surface area contributed by atoms with Gasteiger partial charge in [-0.15, -0.1) is 0 Å². The van der Waals surface area contributed by atoms with Gasteiger partial charge in [-0.1, -0.05) is 6.42 Å². The van der Waals surface area contributed by atoms with Crippen molar-refractivity contribution in [1.82, 2.24) is 20.0 Å². The fourth-order valence-corrected chi connectivity index (χ4v) is 3.42. The molecule has 0 bridgehead atoms. The maximum atomic E-state index is 12.5. The number of hydrogen-bond donors (Lipinski definition) is 1. The predicted octanol–water partition coefficient (Wildman–Crippen LogP) is 1.64. The molecule has 2 saturated heterocycles. The van der Waals surface area contributed by atoms with Crippen LogP contribution in [0.2, 0.25) is 0 Å². The van der Waals surface area contributed by atoms with E-state index in [4.69, 9.17) is 0 Å². The Morgan fingerprint density at radius 2 is 2.14 bits per heavy atom. The monoisotopic (exact) mass is 316 g/mol. The zero-order valence-corrected chi connectivity index (χ0v) is 12.1. The van der Waals surface area contributed by atoms with Gasteiger partial charge in [0.15, 0.2) is 5.69 Å². The van der Waals surface area contributed by atoms with Crippen molar-refractivity contribution < 1.29 is 18.0 Å². The lowest BCUT2D eigenvalue weighted by molar-refractivity contribution is -0.141. The number of rotatable bonds is 3. The third-order valence-corrected chi connectivity index (χ3v) is 4.44. The topological polar surface area (TPSA) is 50.2 Å². The van der Waals surface area contributed by atoms with Crippen LogP contribution in [0.1, 0.15) is 31.4 Å². The van der Waals surface area contributed by atoms with Gasteiger partial charge in [0, 0.05) is 24.8 Å². The average Bonchev–Trinajstić information content (AvgIpc) is 3.06. The Balaban J connectivity index is 1.55. The van der Waals surface area contributed by atoms with Crippen LogP contribution in [0.15, 0.2) is 12.3 Å². The van der Waals surface area contributed by atoms with Gasteiger partial charge in [-0.05, 0) is 31.9 Å². The largest absolute Gasteiger partial charge is 0.435 e. The smallest absolute Gasteiger partial charge is 0.350 e. The second-order valence-electron chi connectivity index (χ2n) is 5.96. The molecule has 122 valence electrons. The Morgan fingerprint density at radius 1 is 1.32 bits per heavy atom. The van der Waals surface area contributed by atoms with Crippen LogP contribution < -0.4 is 5.32 Å². The van der Waals surface area contributed by atoms with Gasteiger partial charge in [0.05, 0.1) is 0 Å². The summed E-state index contributed by atoms with van der Waals surface area (Å²) >= 11 is 0. The van der Waals surface area contributed by atoms with E-state index in [-0.39, 0.29) is 18.5 Å². The Labute approximate surface area is 126 Å². The number of amides is 1. The van der Waals surface area contributed by atoms with E-state index in [9.17, 15) is 18.0 Å². The van der Waals surface area contributed by atoms with E-state index in [0.717, 1.165) is 36.7 Å². The number of aromatic nitrogens is 2. The first-order chi connectivity index (χ1) is 10.4. The van der Waals surface area contributed by atoms with Crippen LogP contribution in [-0.4, -0.2) is 45.8 Å². The summed E-state index contributed by atoms with van der Waals surface area (Å²) < 4.78 is 38.4. The molecule has 0 aliphatic carbocycles. The van der Waals surface area contributed by atoms with Crippen molar-refractivity contribution >= 4 is 5.91 Å². The molecule has 1 amide bonds. The summed E-state index contributed by atoms with van der Waals surface area (Å²) in [6.45, 7) is 1.88. The third kappa shape index (κ3) is 3.26. The van der Waals surface area contributed by atoms with E-state index in [1.165, 1.54) is 19.0 Å². The Morgan fingerprint density at radius 3 is 2.86 bits per heavy atom. The molecule has 1 aromatic heterocycles. The van der Waals surface area contributed by atoms with Crippen molar-refractivity contribution in [3.05, 3.63) is 18.0 Å². The van der Waals surface area contributed by atoms with Crippen LogP contribution >= 0.6 is 0 Å². The molecule has 2 atom stereocenters. The predicted molar refractivity (Wildman–Crippen MR) is 73.0 cm³/mol. The lowest BCUT2D eigenvalue weighted by Gasteiger charge is -2.32. The molecule has 1 aromatic rings. The van der Waals surface area contributed by atoms with Crippen molar-refractivity contribution in [3.8, 4) is 0 Å². The van der Waals surface area contributed by atoms with Crippen LogP contribution in [0.5, 0.6) is 0 Å². The molecular weight excluding hydrogens is 297 g/mol. The van der Waals surface area contributed by atoms with Crippen molar-refractivity contribution in [2.24, 2.45) is 0 Å². The van der Waals surface area contributed by atoms with Gasteiger partial charge in [0.2, 0.25) is 5.91 Å². The zero-order chi connectivity index (χ0) is 15.7. The van der Waals surface area contributed by atoms with Crippen LogP contribution in [-0.2, 0) is 17.5 Å². The second-order valence-corrected chi connectivity index (χ2v) is 5.96. The highest BCUT2D eigenvalue weighted by molar-refractivity contribution is 5.76. The highest BCUT2D eigenvalue weighted by Crippen LogP contribution is 2.28. The van der Waals surface area contributed by atoms with E-state index in [0.29, 0.717) is 6.04 Å². The van der Waals surface area contributed by atoms with Crippen LogP contribution in [0, 0.1) is 0 Å². The average molecular weight is 316 g/mol. The number of nitrogens with one attached hydrogen (secondary N) is 1. The minimum atomic E-state index is -4.48. The molecule has 1 N–H and O–H groups in total. The van der Waals surface area contributed by atoms with E-state index in [1.807, 2.05) is 0 Å². The summed E-state index contributed by atoms with van der Waals surface area (Å²) in [5.74, 6) is -0.283. The van der Waals surface area contributed by atoms with E-state index in [2.05, 4.69) is 15.3 Å². The number of fused-ring (bicyclic) bond motifs is 1. The molecule has 0 spiro atoms. The molecule has 3 rings (SSSR count). The summed E-state index contributed by atoms with van der Waals surface area (Å²) in [6, 6.07) is 1.36. The standard InChI is InChI=1S/C14H19F3N4O/c15-14(16,17)12-5-8-21(19-12)9-13(22)18-10-4-7-20-6-2-1-3-11(10)20/h5,8,10-11H,1-4,6-7,9H2,(H,18,22)/t10-,11+/m1/s1. The van der Waals surface area contributed by atoms with Gasteiger partial charge in [0.25, 0.3) is 0 Å². The Kier molecular flexibility index (Phi) is 4.12. The lowest BCUT2D eigenvalue weighted by atomic mass is 9.99.